The fourth-order valence-corrected chi connectivity index (χ4v) is 4.49. The van der Waals surface area contributed by atoms with Gasteiger partial charge in [0.1, 0.15) is 10.6 Å². The number of ether oxygens (including phenoxy) is 2. The molecule has 0 radical (unpaired) electrons. The summed E-state index contributed by atoms with van der Waals surface area (Å²) < 4.78 is 11.3. The Kier molecular flexibility index (Phi) is 3.89. The van der Waals surface area contributed by atoms with Crippen molar-refractivity contribution in [2.24, 2.45) is 0 Å². The van der Waals surface area contributed by atoms with Crippen molar-refractivity contribution in [1.82, 2.24) is 10.3 Å². The molecule has 0 saturated carbocycles. The normalized spacial score (nSPS) is 26.1. The number of aryl methyl sites for hydroxylation is 1. The third kappa shape index (κ3) is 2.33. The Morgan fingerprint density at radius 3 is 2.89 bits per heavy atom. The van der Waals surface area contributed by atoms with E-state index in [1.54, 1.807) is 7.11 Å². The van der Waals surface area contributed by atoms with Crippen molar-refractivity contribution < 1.29 is 9.47 Å². The van der Waals surface area contributed by atoms with Crippen molar-refractivity contribution in [3.63, 3.8) is 0 Å². The fraction of sp³-hybridized carbons (Fsp3) is 0.786. The monoisotopic (exact) mass is 282 g/mol. The first-order valence-electron chi connectivity index (χ1n) is 7.09. The molecule has 2 heterocycles. The van der Waals surface area contributed by atoms with E-state index in [2.05, 4.69) is 5.32 Å². The summed E-state index contributed by atoms with van der Waals surface area (Å²) in [6.07, 6.45) is 5.45. The van der Waals surface area contributed by atoms with Gasteiger partial charge < -0.3 is 14.8 Å². The summed E-state index contributed by atoms with van der Waals surface area (Å²) in [4.78, 5) is 6.39. The third-order valence-corrected chi connectivity index (χ3v) is 5.70. The zero-order chi connectivity index (χ0) is 13.3. The van der Waals surface area contributed by atoms with Gasteiger partial charge in [0, 0.05) is 38.0 Å². The first-order chi connectivity index (χ1) is 9.29. The highest BCUT2D eigenvalue weighted by Crippen LogP contribution is 2.42. The number of aromatic nitrogens is 1. The van der Waals surface area contributed by atoms with Gasteiger partial charge in [-0.2, -0.15) is 0 Å². The van der Waals surface area contributed by atoms with Gasteiger partial charge in [0.2, 0.25) is 0 Å². The summed E-state index contributed by atoms with van der Waals surface area (Å²) in [6, 6.07) is 0.419. The Morgan fingerprint density at radius 1 is 1.42 bits per heavy atom. The summed E-state index contributed by atoms with van der Waals surface area (Å²) in [5.74, 6) is 0. The van der Waals surface area contributed by atoms with Crippen molar-refractivity contribution in [2.45, 2.75) is 43.7 Å². The van der Waals surface area contributed by atoms with E-state index in [0.717, 1.165) is 31.1 Å². The first-order valence-corrected chi connectivity index (χ1v) is 7.91. The van der Waals surface area contributed by atoms with Crippen LogP contribution in [-0.4, -0.2) is 32.4 Å². The lowest BCUT2D eigenvalue weighted by atomic mass is 9.94. The van der Waals surface area contributed by atoms with Crippen LogP contribution in [0.5, 0.6) is 0 Å². The zero-order valence-corrected chi connectivity index (χ0v) is 12.5. The maximum absolute atomic E-state index is 5.86. The van der Waals surface area contributed by atoms with Crippen LogP contribution in [0.1, 0.15) is 47.3 Å². The van der Waals surface area contributed by atoms with Gasteiger partial charge in [-0.15, -0.1) is 11.3 Å². The minimum absolute atomic E-state index is 0.210. The van der Waals surface area contributed by atoms with Gasteiger partial charge in [-0.25, -0.2) is 4.98 Å². The standard InChI is InChI=1S/C14H22N2O2S/c1-15-10-4-3-5-11-12(10)16-13(19-11)14(17-2)6-8-18-9-7-14/h10,15H,3-9H2,1-2H3. The second-order valence-electron chi connectivity index (χ2n) is 5.37. The highest BCUT2D eigenvalue weighted by Gasteiger charge is 2.39. The number of hydrogen-bond acceptors (Lipinski definition) is 5. The van der Waals surface area contributed by atoms with Gasteiger partial charge >= 0.3 is 0 Å². The molecule has 5 heteroatoms. The molecule has 1 aromatic heterocycles. The van der Waals surface area contributed by atoms with Gasteiger partial charge in [0.25, 0.3) is 0 Å². The van der Waals surface area contributed by atoms with E-state index in [9.17, 15) is 0 Å². The number of nitrogens with zero attached hydrogens (tertiary/aromatic N) is 1. The molecule has 1 saturated heterocycles. The van der Waals surface area contributed by atoms with Crippen LogP contribution in [0.3, 0.4) is 0 Å². The smallest absolute Gasteiger partial charge is 0.125 e. The maximum Gasteiger partial charge on any atom is 0.125 e. The fourth-order valence-electron chi connectivity index (χ4n) is 3.10. The van der Waals surface area contributed by atoms with E-state index in [0.29, 0.717) is 6.04 Å². The Labute approximate surface area is 118 Å². The zero-order valence-electron chi connectivity index (χ0n) is 11.7. The highest BCUT2D eigenvalue weighted by molar-refractivity contribution is 7.11. The largest absolute Gasteiger partial charge is 0.381 e. The van der Waals surface area contributed by atoms with Crippen LogP contribution in [0.15, 0.2) is 0 Å². The van der Waals surface area contributed by atoms with E-state index in [1.165, 1.54) is 29.8 Å². The van der Waals surface area contributed by atoms with Crippen molar-refractivity contribution in [2.75, 3.05) is 27.4 Å². The molecule has 1 N–H and O–H groups in total. The van der Waals surface area contributed by atoms with Gasteiger partial charge in [-0.1, -0.05) is 0 Å². The number of thiazole rings is 1. The lowest BCUT2D eigenvalue weighted by Gasteiger charge is -2.33. The van der Waals surface area contributed by atoms with Crippen molar-refractivity contribution in [1.29, 1.82) is 0 Å². The number of fused-ring (bicyclic) bond motifs is 1. The summed E-state index contributed by atoms with van der Waals surface area (Å²) in [5, 5.41) is 4.54. The molecule has 0 spiro atoms. The predicted octanol–water partition coefficient (Wildman–Crippen LogP) is 2.39. The van der Waals surface area contributed by atoms with E-state index in [1.807, 2.05) is 18.4 Å². The quantitative estimate of drug-likeness (QED) is 0.924. The highest BCUT2D eigenvalue weighted by atomic mass is 32.1. The molecule has 19 heavy (non-hydrogen) atoms. The van der Waals surface area contributed by atoms with Crippen LogP contribution in [0.4, 0.5) is 0 Å². The molecule has 0 aromatic carbocycles. The summed E-state index contributed by atoms with van der Waals surface area (Å²) in [5.41, 5.74) is 1.05. The van der Waals surface area contributed by atoms with Crippen LogP contribution in [0.25, 0.3) is 0 Å². The second-order valence-corrected chi connectivity index (χ2v) is 6.46. The van der Waals surface area contributed by atoms with E-state index in [-0.39, 0.29) is 5.60 Å². The van der Waals surface area contributed by atoms with Crippen LogP contribution in [0, 0.1) is 0 Å². The third-order valence-electron chi connectivity index (χ3n) is 4.38. The minimum Gasteiger partial charge on any atom is -0.381 e. The Morgan fingerprint density at radius 2 is 2.21 bits per heavy atom. The molecule has 1 aliphatic carbocycles. The average Bonchev–Trinajstić information content (AvgIpc) is 2.92. The van der Waals surface area contributed by atoms with Crippen molar-refractivity contribution in [3.05, 3.63) is 15.6 Å². The number of rotatable bonds is 3. The van der Waals surface area contributed by atoms with Crippen molar-refractivity contribution >= 4 is 11.3 Å². The number of hydrogen-bond donors (Lipinski definition) is 1. The van der Waals surface area contributed by atoms with Crippen molar-refractivity contribution in [3.8, 4) is 0 Å². The van der Waals surface area contributed by atoms with E-state index >= 15 is 0 Å². The van der Waals surface area contributed by atoms with Gasteiger partial charge in [0.15, 0.2) is 0 Å². The molecule has 4 nitrogen and oxygen atoms in total. The first kappa shape index (κ1) is 13.5. The van der Waals surface area contributed by atoms with Gasteiger partial charge in [-0.3, -0.25) is 0 Å². The van der Waals surface area contributed by atoms with Crippen LogP contribution >= 0.6 is 11.3 Å². The summed E-state index contributed by atoms with van der Waals surface area (Å²) in [6.45, 7) is 1.54. The molecule has 1 aliphatic heterocycles. The molecule has 0 amide bonds. The lowest BCUT2D eigenvalue weighted by Crippen LogP contribution is -2.35. The molecule has 0 bridgehead atoms. The van der Waals surface area contributed by atoms with Gasteiger partial charge in [-0.05, 0) is 26.3 Å². The molecule has 106 valence electrons. The minimum atomic E-state index is -0.210. The summed E-state index contributed by atoms with van der Waals surface area (Å²) >= 11 is 1.85. The average molecular weight is 282 g/mol. The van der Waals surface area contributed by atoms with E-state index < -0.39 is 0 Å². The SMILES string of the molecule is CNC1CCCc2sc(C3(OC)CCOCC3)nc21. The van der Waals surface area contributed by atoms with Gasteiger partial charge in [0.05, 0.1) is 11.7 Å². The Hall–Kier alpha value is -0.490. The molecular formula is C14H22N2O2S. The number of nitrogens with one attached hydrogen (secondary N) is 1. The molecule has 1 aromatic rings. The van der Waals surface area contributed by atoms with E-state index in [4.69, 9.17) is 14.5 Å². The Balaban J connectivity index is 1.94. The lowest BCUT2D eigenvalue weighted by molar-refractivity contribution is -0.0949. The molecule has 3 rings (SSSR count). The molecular weight excluding hydrogens is 260 g/mol. The summed E-state index contributed by atoms with van der Waals surface area (Å²) in [7, 11) is 3.83. The molecule has 1 atom stereocenters. The van der Waals surface area contributed by atoms with Crippen LogP contribution in [-0.2, 0) is 21.5 Å². The molecule has 1 fully saturated rings. The molecule has 2 aliphatic rings. The second kappa shape index (κ2) is 5.48. The predicted molar refractivity (Wildman–Crippen MR) is 75.6 cm³/mol. The topological polar surface area (TPSA) is 43.4 Å². The van der Waals surface area contributed by atoms with Crippen LogP contribution in [0.2, 0.25) is 0 Å². The molecule has 1 unspecified atom stereocenters. The van der Waals surface area contributed by atoms with Crippen LogP contribution < -0.4 is 5.32 Å². The maximum atomic E-state index is 5.86. The Bertz CT molecular complexity index is 441. The number of methoxy groups -OCH3 is 1.